The minimum absolute atomic E-state index is 0.00144. The molecule has 0 spiro atoms. The van der Waals surface area contributed by atoms with Crippen LogP contribution in [-0.4, -0.2) is 44.3 Å². The molecule has 1 atom stereocenters. The third kappa shape index (κ3) is 7.89. The maximum atomic E-state index is 13.9. The largest absolute Gasteiger partial charge is 0.354 e. The Balaban J connectivity index is 2.03. The molecule has 0 aliphatic rings. The van der Waals surface area contributed by atoms with Crippen LogP contribution in [0.3, 0.4) is 0 Å². The fraction of sp³-hybridized carbons (Fsp3) is 0.333. The van der Waals surface area contributed by atoms with Gasteiger partial charge in [-0.1, -0.05) is 50.2 Å². The fourth-order valence-electron chi connectivity index (χ4n) is 4.16. The van der Waals surface area contributed by atoms with Gasteiger partial charge in [0, 0.05) is 13.1 Å². The van der Waals surface area contributed by atoms with Crippen molar-refractivity contribution in [2.24, 2.45) is 5.92 Å². The highest BCUT2D eigenvalue weighted by Gasteiger charge is 2.32. The van der Waals surface area contributed by atoms with E-state index in [1.165, 1.54) is 41.3 Å². The first-order valence-corrected chi connectivity index (χ1v) is 14.3. The van der Waals surface area contributed by atoms with Gasteiger partial charge in [-0.15, -0.1) is 0 Å². The minimum atomic E-state index is -4.13. The number of rotatable bonds is 11. The predicted octanol–water partition coefficient (Wildman–Crippen LogP) is 4.83. The number of halogens is 1. The Labute approximate surface area is 230 Å². The molecule has 9 heteroatoms. The van der Waals surface area contributed by atoms with Gasteiger partial charge in [-0.3, -0.25) is 13.9 Å². The normalized spacial score (nSPS) is 12.2. The first-order valence-electron chi connectivity index (χ1n) is 12.9. The van der Waals surface area contributed by atoms with Crippen LogP contribution in [0.1, 0.15) is 37.5 Å². The third-order valence-electron chi connectivity index (χ3n) is 6.22. The molecular formula is C30H36FN3O4S. The van der Waals surface area contributed by atoms with E-state index >= 15 is 0 Å². The molecule has 0 radical (unpaired) electrons. The topological polar surface area (TPSA) is 86.8 Å². The van der Waals surface area contributed by atoms with Crippen molar-refractivity contribution in [3.05, 3.63) is 95.3 Å². The number of benzene rings is 3. The maximum Gasteiger partial charge on any atom is 0.264 e. The van der Waals surface area contributed by atoms with Crippen LogP contribution in [0.5, 0.6) is 0 Å². The number of anilines is 1. The molecule has 0 aliphatic heterocycles. The van der Waals surface area contributed by atoms with Crippen molar-refractivity contribution < 1.29 is 22.4 Å². The van der Waals surface area contributed by atoms with Gasteiger partial charge in [0.2, 0.25) is 11.8 Å². The van der Waals surface area contributed by atoms with Gasteiger partial charge in [0.15, 0.2) is 0 Å². The Kier molecular flexibility index (Phi) is 9.86. The Morgan fingerprint density at radius 3 is 2.05 bits per heavy atom. The summed E-state index contributed by atoms with van der Waals surface area (Å²) in [6, 6.07) is 18.0. The number of amides is 2. The van der Waals surface area contributed by atoms with Gasteiger partial charge in [-0.2, -0.15) is 0 Å². The zero-order valence-corrected chi connectivity index (χ0v) is 23.8. The molecular weight excluding hydrogens is 517 g/mol. The lowest BCUT2D eigenvalue weighted by atomic mass is 10.1. The van der Waals surface area contributed by atoms with Crippen LogP contribution in [0.2, 0.25) is 0 Å². The molecule has 7 nitrogen and oxygen atoms in total. The smallest absolute Gasteiger partial charge is 0.264 e. The van der Waals surface area contributed by atoms with Crippen molar-refractivity contribution in [1.29, 1.82) is 0 Å². The molecule has 2 amide bonds. The van der Waals surface area contributed by atoms with Gasteiger partial charge in [0.25, 0.3) is 10.0 Å². The van der Waals surface area contributed by atoms with Gasteiger partial charge in [0.05, 0.1) is 10.6 Å². The van der Waals surface area contributed by atoms with Gasteiger partial charge in [-0.25, -0.2) is 12.8 Å². The summed E-state index contributed by atoms with van der Waals surface area (Å²) in [6.07, 6.45) is 0. The first kappa shape index (κ1) is 29.8. The summed E-state index contributed by atoms with van der Waals surface area (Å²) < 4.78 is 42.3. The van der Waals surface area contributed by atoms with E-state index in [4.69, 9.17) is 0 Å². The average molecular weight is 554 g/mol. The summed E-state index contributed by atoms with van der Waals surface area (Å²) in [4.78, 5) is 28.3. The highest BCUT2D eigenvalue weighted by atomic mass is 32.2. The Morgan fingerprint density at radius 2 is 1.49 bits per heavy atom. The standard InChI is InChI=1S/C30H36FN3O4S/c1-21(2)18-32-30(36)24(5)33(19-25-11-13-26(31)14-12-25)29(35)20-34(27-16-22(3)15-23(4)17-27)39(37,38)28-9-7-6-8-10-28/h6-17,21,24H,18-20H2,1-5H3,(H,32,36)/t24-/m0/s1. The van der Waals surface area contributed by atoms with Gasteiger partial charge in [0.1, 0.15) is 18.4 Å². The second-order valence-corrected chi connectivity index (χ2v) is 12.0. The van der Waals surface area contributed by atoms with E-state index in [1.807, 2.05) is 33.8 Å². The number of carbonyl (C=O) groups is 2. The van der Waals surface area contributed by atoms with Crippen molar-refractivity contribution in [2.45, 2.75) is 52.1 Å². The lowest BCUT2D eigenvalue weighted by Gasteiger charge is -2.32. The molecule has 208 valence electrons. The summed E-state index contributed by atoms with van der Waals surface area (Å²) in [5.74, 6) is -1.14. The van der Waals surface area contributed by atoms with Crippen molar-refractivity contribution >= 4 is 27.5 Å². The molecule has 0 aromatic heterocycles. The van der Waals surface area contributed by atoms with Crippen LogP contribution in [0.15, 0.2) is 77.7 Å². The summed E-state index contributed by atoms with van der Waals surface area (Å²) in [7, 11) is -4.13. The number of nitrogens with zero attached hydrogens (tertiary/aromatic N) is 2. The van der Waals surface area contributed by atoms with E-state index in [2.05, 4.69) is 5.32 Å². The summed E-state index contributed by atoms with van der Waals surface area (Å²) in [5, 5.41) is 2.84. The number of hydrogen-bond donors (Lipinski definition) is 1. The van der Waals surface area contributed by atoms with E-state index in [-0.39, 0.29) is 23.3 Å². The van der Waals surface area contributed by atoms with E-state index in [0.29, 0.717) is 17.8 Å². The molecule has 0 saturated heterocycles. The molecule has 0 bridgehead atoms. The molecule has 1 N–H and O–H groups in total. The zero-order valence-electron chi connectivity index (χ0n) is 23.0. The lowest BCUT2D eigenvalue weighted by molar-refractivity contribution is -0.139. The summed E-state index contributed by atoms with van der Waals surface area (Å²) >= 11 is 0. The molecule has 3 aromatic carbocycles. The van der Waals surface area contributed by atoms with Crippen molar-refractivity contribution in [3.8, 4) is 0 Å². The third-order valence-corrected chi connectivity index (χ3v) is 8.01. The van der Waals surface area contributed by atoms with Crippen molar-refractivity contribution in [3.63, 3.8) is 0 Å². The molecule has 39 heavy (non-hydrogen) atoms. The molecule has 0 unspecified atom stereocenters. The average Bonchev–Trinajstić information content (AvgIpc) is 2.89. The maximum absolute atomic E-state index is 13.9. The highest BCUT2D eigenvalue weighted by Crippen LogP contribution is 2.26. The minimum Gasteiger partial charge on any atom is -0.354 e. The SMILES string of the molecule is Cc1cc(C)cc(N(CC(=O)N(Cc2ccc(F)cc2)[C@@H](C)C(=O)NCC(C)C)S(=O)(=O)c2ccccc2)c1. The summed E-state index contributed by atoms with van der Waals surface area (Å²) in [6.45, 7) is 9.14. The van der Waals surface area contributed by atoms with Gasteiger partial charge >= 0.3 is 0 Å². The van der Waals surface area contributed by atoms with Crippen LogP contribution in [-0.2, 0) is 26.2 Å². The van der Waals surface area contributed by atoms with Crippen LogP contribution < -0.4 is 9.62 Å². The van der Waals surface area contributed by atoms with Crippen molar-refractivity contribution in [2.75, 3.05) is 17.4 Å². The van der Waals surface area contributed by atoms with E-state index in [1.54, 1.807) is 37.3 Å². The first-order chi connectivity index (χ1) is 18.4. The number of sulfonamides is 1. The van der Waals surface area contributed by atoms with E-state index < -0.39 is 34.3 Å². The monoisotopic (exact) mass is 553 g/mol. The molecule has 0 fully saturated rings. The van der Waals surface area contributed by atoms with Gasteiger partial charge in [-0.05, 0) is 79.8 Å². The Morgan fingerprint density at radius 1 is 0.897 bits per heavy atom. The molecule has 3 aromatic rings. The molecule has 0 saturated carbocycles. The van der Waals surface area contributed by atoms with Crippen LogP contribution in [0.25, 0.3) is 0 Å². The van der Waals surface area contributed by atoms with E-state index in [9.17, 15) is 22.4 Å². The Bertz CT molecular complexity index is 1370. The predicted molar refractivity (Wildman–Crippen MR) is 151 cm³/mol. The molecule has 3 rings (SSSR count). The van der Waals surface area contributed by atoms with Crippen LogP contribution in [0, 0.1) is 25.6 Å². The molecule has 0 heterocycles. The van der Waals surface area contributed by atoms with Gasteiger partial charge < -0.3 is 10.2 Å². The second kappa shape index (κ2) is 12.9. The lowest BCUT2D eigenvalue weighted by Crippen LogP contribution is -2.51. The van der Waals surface area contributed by atoms with Crippen molar-refractivity contribution in [1.82, 2.24) is 10.2 Å². The highest BCUT2D eigenvalue weighted by molar-refractivity contribution is 7.92. The number of aryl methyl sites for hydroxylation is 2. The van der Waals surface area contributed by atoms with E-state index in [0.717, 1.165) is 15.4 Å². The number of nitrogens with one attached hydrogen (secondary N) is 1. The summed E-state index contributed by atoms with van der Waals surface area (Å²) in [5.41, 5.74) is 2.64. The van der Waals surface area contributed by atoms with Crippen LogP contribution in [0.4, 0.5) is 10.1 Å². The fourth-order valence-corrected chi connectivity index (χ4v) is 5.58. The quantitative estimate of drug-likeness (QED) is 0.369. The zero-order chi connectivity index (χ0) is 28.7. The second-order valence-electron chi connectivity index (χ2n) is 10.1. The van der Waals surface area contributed by atoms with Crippen LogP contribution >= 0.6 is 0 Å². The number of hydrogen-bond acceptors (Lipinski definition) is 4. The number of carbonyl (C=O) groups excluding carboxylic acids is 2. The molecule has 0 aliphatic carbocycles. The Hall–Kier alpha value is -3.72.